The summed E-state index contributed by atoms with van der Waals surface area (Å²) in [4.78, 5) is 6.82. The van der Waals surface area contributed by atoms with E-state index in [1.807, 2.05) is 0 Å². The quantitative estimate of drug-likeness (QED) is 0.316. The Kier molecular flexibility index (Phi) is 10.3. The van der Waals surface area contributed by atoms with Gasteiger partial charge in [0.25, 0.3) is 0 Å². The molecule has 0 saturated carbocycles. The van der Waals surface area contributed by atoms with Gasteiger partial charge in [-0.05, 0) is 31.6 Å². The maximum atomic E-state index is 12.4. The Labute approximate surface area is 182 Å². The summed E-state index contributed by atoms with van der Waals surface area (Å²) in [7, 11) is -1.44. The number of nitrogens with one attached hydrogen (secondary N) is 2. The number of hydrogen-bond donors (Lipinski definition) is 2. The van der Waals surface area contributed by atoms with Gasteiger partial charge in [0.2, 0.25) is 0 Å². The number of ether oxygens (including phenoxy) is 1. The molecule has 0 radical (unpaired) electrons. The summed E-state index contributed by atoms with van der Waals surface area (Å²) in [6.45, 7) is 9.22. The van der Waals surface area contributed by atoms with E-state index in [1.54, 1.807) is 7.05 Å². The molecule has 0 unspecified atom stereocenters. The van der Waals surface area contributed by atoms with E-state index in [4.69, 9.17) is 4.74 Å². The molecule has 0 atom stereocenters. The van der Waals surface area contributed by atoms with Gasteiger partial charge in [-0.1, -0.05) is 13.8 Å². The Morgan fingerprint density at radius 3 is 2.33 bits per heavy atom. The van der Waals surface area contributed by atoms with Crippen LogP contribution in [-0.4, -0.2) is 82.8 Å². The maximum Gasteiger partial charge on any atom is 0.191 e. The smallest absolute Gasteiger partial charge is 0.191 e. The van der Waals surface area contributed by atoms with Crippen LogP contribution in [0.1, 0.15) is 39.5 Å². The second-order valence-corrected chi connectivity index (χ2v) is 10.5. The van der Waals surface area contributed by atoms with Crippen LogP contribution in [0.25, 0.3) is 0 Å². The molecule has 0 aromatic rings. The van der Waals surface area contributed by atoms with E-state index in [0.717, 1.165) is 32.5 Å². The average Bonchev–Trinajstić information content (AvgIpc) is 2.59. The van der Waals surface area contributed by atoms with Gasteiger partial charge >= 0.3 is 0 Å². The van der Waals surface area contributed by atoms with E-state index in [0.29, 0.717) is 50.5 Å². The number of sulfone groups is 1. The van der Waals surface area contributed by atoms with Gasteiger partial charge in [-0.3, -0.25) is 4.99 Å². The summed E-state index contributed by atoms with van der Waals surface area (Å²) in [5, 5.41) is 6.74. The van der Waals surface area contributed by atoms with Crippen molar-refractivity contribution in [3.05, 3.63) is 0 Å². The third kappa shape index (κ3) is 7.32. The van der Waals surface area contributed by atoms with Crippen LogP contribution in [-0.2, 0) is 14.6 Å². The molecule has 2 aliphatic heterocycles. The van der Waals surface area contributed by atoms with E-state index in [9.17, 15) is 8.42 Å². The first-order chi connectivity index (χ1) is 12.3. The number of piperidine rings is 1. The summed E-state index contributed by atoms with van der Waals surface area (Å²) >= 11 is 0. The minimum Gasteiger partial charge on any atom is -0.381 e. The Bertz CT molecular complexity index is 569. The summed E-state index contributed by atoms with van der Waals surface area (Å²) < 4.78 is 29.3. The van der Waals surface area contributed by atoms with Crippen molar-refractivity contribution >= 4 is 39.8 Å². The Morgan fingerprint density at radius 1 is 1.26 bits per heavy atom. The number of halogens is 1. The third-order valence-corrected chi connectivity index (χ3v) is 7.67. The predicted octanol–water partition coefficient (Wildman–Crippen LogP) is 1.48. The number of aliphatic imine (C=N–C) groups is 1. The van der Waals surface area contributed by atoms with E-state index >= 15 is 0 Å². The van der Waals surface area contributed by atoms with Crippen LogP contribution in [0.3, 0.4) is 0 Å². The number of likely N-dealkylation sites (tertiary alicyclic amines) is 1. The molecular weight excluding hydrogens is 479 g/mol. The van der Waals surface area contributed by atoms with Crippen LogP contribution in [0.2, 0.25) is 0 Å². The Hall–Kier alpha value is -0.130. The van der Waals surface area contributed by atoms with Gasteiger partial charge in [0, 0.05) is 58.7 Å². The fraction of sp³-hybridized carbons (Fsp3) is 0.944. The Balaban J connectivity index is 0.00000364. The van der Waals surface area contributed by atoms with Gasteiger partial charge < -0.3 is 20.3 Å². The van der Waals surface area contributed by atoms with Gasteiger partial charge in [0.05, 0.1) is 4.75 Å². The highest BCUT2D eigenvalue weighted by Crippen LogP contribution is 2.28. The summed E-state index contributed by atoms with van der Waals surface area (Å²) in [5.41, 5.74) is 0. The first-order valence-electron chi connectivity index (χ1n) is 9.72. The van der Waals surface area contributed by atoms with Crippen molar-refractivity contribution in [2.45, 2.75) is 50.3 Å². The normalized spacial score (nSPS) is 22.3. The molecule has 7 nitrogen and oxygen atoms in total. The van der Waals surface area contributed by atoms with Gasteiger partial charge in [0.1, 0.15) is 0 Å². The van der Waals surface area contributed by atoms with E-state index < -0.39 is 14.6 Å². The second-order valence-electron chi connectivity index (χ2n) is 8.11. The molecule has 0 aliphatic carbocycles. The van der Waals surface area contributed by atoms with E-state index in [-0.39, 0.29) is 24.0 Å². The predicted molar refractivity (Wildman–Crippen MR) is 122 cm³/mol. The molecular formula is C18H37IN4O3S. The maximum absolute atomic E-state index is 12.4. The van der Waals surface area contributed by atoms with Gasteiger partial charge in [0.15, 0.2) is 15.8 Å². The largest absolute Gasteiger partial charge is 0.381 e. The number of guanidine groups is 1. The first-order valence-corrected chi connectivity index (χ1v) is 11.6. The average molecular weight is 516 g/mol. The summed E-state index contributed by atoms with van der Waals surface area (Å²) in [6, 6.07) is 0.383. The monoisotopic (exact) mass is 516 g/mol. The molecule has 2 N–H and O–H groups in total. The summed E-state index contributed by atoms with van der Waals surface area (Å²) in [5.74, 6) is 1.39. The standard InChI is InChI=1S/C18H36N4O3S.HI/c1-15(2)13-22-9-5-16(6-10-22)21-17(19-3)20-14-18(26(4,23)24)7-11-25-12-8-18;/h15-16H,5-14H2,1-4H3,(H2,19,20,21);1H. The van der Waals surface area contributed by atoms with Gasteiger partial charge in [-0.2, -0.15) is 0 Å². The van der Waals surface area contributed by atoms with Crippen molar-refractivity contribution in [1.29, 1.82) is 0 Å². The number of rotatable bonds is 6. The third-order valence-electron chi connectivity index (χ3n) is 5.54. The van der Waals surface area contributed by atoms with E-state index in [2.05, 4.69) is 34.4 Å². The van der Waals surface area contributed by atoms with Crippen molar-refractivity contribution in [2.24, 2.45) is 10.9 Å². The molecule has 0 aromatic heterocycles. The molecule has 160 valence electrons. The van der Waals surface area contributed by atoms with Crippen LogP contribution in [0.4, 0.5) is 0 Å². The molecule has 2 fully saturated rings. The highest BCUT2D eigenvalue weighted by Gasteiger charge is 2.42. The number of nitrogens with zero attached hydrogens (tertiary/aromatic N) is 2. The molecule has 0 bridgehead atoms. The van der Waals surface area contributed by atoms with Gasteiger partial charge in [-0.25, -0.2) is 8.42 Å². The van der Waals surface area contributed by atoms with Crippen molar-refractivity contribution in [1.82, 2.24) is 15.5 Å². The zero-order chi connectivity index (χ0) is 19.2. The van der Waals surface area contributed by atoms with Crippen molar-refractivity contribution in [3.8, 4) is 0 Å². The van der Waals surface area contributed by atoms with Gasteiger partial charge in [-0.15, -0.1) is 24.0 Å². The molecule has 9 heteroatoms. The van der Waals surface area contributed by atoms with Crippen molar-refractivity contribution in [2.75, 3.05) is 52.7 Å². The summed E-state index contributed by atoms with van der Waals surface area (Å²) in [6.07, 6.45) is 4.56. The lowest BCUT2D eigenvalue weighted by Crippen LogP contribution is -2.55. The topological polar surface area (TPSA) is 83.0 Å². The lowest BCUT2D eigenvalue weighted by atomic mass is 9.99. The van der Waals surface area contributed by atoms with Crippen LogP contribution >= 0.6 is 24.0 Å². The van der Waals surface area contributed by atoms with E-state index in [1.165, 1.54) is 6.26 Å². The molecule has 2 saturated heterocycles. The lowest BCUT2D eigenvalue weighted by Gasteiger charge is -2.37. The fourth-order valence-corrected chi connectivity index (χ4v) is 5.07. The Morgan fingerprint density at radius 2 is 1.85 bits per heavy atom. The van der Waals surface area contributed by atoms with Crippen LogP contribution in [0.5, 0.6) is 0 Å². The van der Waals surface area contributed by atoms with Crippen molar-refractivity contribution < 1.29 is 13.2 Å². The lowest BCUT2D eigenvalue weighted by molar-refractivity contribution is 0.0756. The highest BCUT2D eigenvalue weighted by atomic mass is 127. The zero-order valence-corrected chi connectivity index (χ0v) is 20.3. The first kappa shape index (κ1) is 24.9. The zero-order valence-electron chi connectivity index (χ0n) is 17.2. The van der Waals surface area contributed by atoms with Crippen LogP contribution < -0.4 is 10.6 Å². The SMILES string of the molecule is CN=C(NCC1(S(C)(=O)=O)CCOCC1)NC1CCN(CC(C)C)CC1.I. The molecule has 0 spiro atoms. The molecule has 2 heterocycles. The van der Waals surface area contributed by atoms with Crippen molar-refractivity contribution in [3.63, 3.8) is 0 Å². The molecule has 27 heavy (non-hydrogen) atoms. The minimum atomic E-state index is -3.18. The molecule has 0 amide bonds. The molecule has 0 aromatic carbocycles. The fourth-order valence-electron chi connectivity index (χ4n) is 3.83. The number of hydrogen-bond acceptors (Lipinski definition) is 5. The van der Waals surface area contributed by atoms with Crippen LogP contribution in [0.15, 0.2) is 4.99 Å². The molecule has 2 rings (SSSR count). The highest BCUT2D eigenvalue weighted by molar-refractivity contribution is 14.0. The van der Waals surface area contributed by atoms with Crippen LogP contribution in [0, 0.1) is 5.92 Å². The molecule has 2 aliphatic rings. The minimum absolute atomic E-state index is 0. The second kappa shape index (κ2) is 11.2.